The molecular weight excluding hydrogens is 325 g/mol. The number of carboxylic acid groups (broad SMARTS) is 1. The number of rotatable bonds is 8. The zero-order chi connectivity index (χ0) is 18.8. The van der Waals surface area contributed by atoms with Crippen molar-refractivity contribution < 1.29 is 24.7 Å². The minimum atomic E-state index is -1.36. The zero-order valence-corrected chi connectivity index (χ0v) is 15.0. The van der Waals surface area contributed by atoms with Crippen molar-refractivity contribution >= 4 is 19.0 Å². The molecule has 0 saturated carbocycles. The topological polar surface area (TPSA) is 136 Å². The average molecular weight is 355 g/mol. The van der Waals surface area contributed by atoms with Crippen LogP contribution < -0.4 is 11.1 Å². The van der Waals surface area contributed by atoms with Crippen LogP contribution >= 0.6 is 0 Å². The summed E-state index contributed by atoms with van der Waals surface area (Å²) in [6.07, 6.45) is 2.42. The minimum absolute atomic E-state index is 0.0371. The smallest absolute Gasteiger partial charge is 0.451 e. The number of hydrogen-bond donors (Lipinski definition) is 5. The van der Waals surface area contributed by atoms with Gasteiger partial charge >= 0.3 is 13.1 Å². The molecule has 2 saturated heterocycles. The van der Waals surface area contributed by atoms with E-state index in [0.29, 0.717) is 38.8 Å². The molecule has 0 aromatic rings. The number of aliphatic carboxylic acids is 1. The summed E-state index contributed by atoms with van der Waals surface area (Å²) in [6, 6.07) is -0.707. The van der Waals surface area contributed by atoms with Gasteiger partial charge in [0.15, 0.2) is 0 Å². The first-order valence-corrected chi connectivity index (χ1v) is 9.11. The molecule has 0 aromatic heterocycles. The Bertz CT molecular complexity index is 504. The van der Waals surface area contributed by atoms with E-state index in [9.17, 15) is 14.7 Å². The highest BCUT2D eigenvalue weighted by Crippen LogP contribution is 2.41. The van der Waals surface area contributed by atoms with Crippen molar-refractivity contribution in [2.75, 3.05) is 13.1 Å². The van der Waals surface area contributed by atoms with Crippen molar-refractivity contribution in [3.63, 3.8) is 0 Å². The summed E-state index contributed by atoms with van der Waals surface area (Å²) in [5.74, 6) is -1.11. The molecule has 8 nitrogen and oxygen atoms in total. The molecule has 9 heteroatoms. The first-order valence-electron chi connectivity index (χ1n) is 9.11. The summed E-state index contributed by atoms with van der Waals surface area (Å²) in [5, 5.41) is 30.9. The lowest BCUT2D eigenvalue weighted by atomic mass is 9.77. The van der Waals surface area contributed by atoms with Crippen LogP contribution in [0.25, 0.3) is 0 Å². The molecule has 0 bridgehead atoms. The Balaban J connectivity index is 2.06. The van der Waals surface area contributed by atoms with Crippen LogP contribution in [-0.4, -0.2) is 69.8 Å². The number of likely N-dealkylation sites (tertiary alicyclic amines) is 1. The van der Waals surface area contributed by atoms with Gasteiger partial charge in [0.05, 0.1) is 6.04 Å². The Morgan fingerprint density at radius 2 is 2.04 bits per heavy atom. The molecule has 2 aliphatic heterocycles. The van der Waals surface area contributed by atoms with Crippen LogP contribution in [0.5, 0.6) is 0 Å². The molecule has 25 heavy (non-hydrogen) atoms. The Kier molecular flexibility index (Phi) is 6.48. The van der Waals surface area contributed by atoms with E-state index in [0.717, 1.165) is 0 Å². The molecule has 2 fully saturated rings. The fourth-order valence-electron chi connectivity index (χ4n) is 4.19. The van der Waals surface area contributed by atoms with Gasteiger partial charge in [-0.1, -0.05) is 26.7 Å². The van der Waals surface area contributed by atoms with Crippen molar-refractivity contribution in [3.8, 4) is 0 Å². The number of carbonyl (C=O) groups excluding carboxylic acids is 1. The highest BCUT2D eigenvalue weighted by molar-refractivity contribution is 6.40. The van der Waals surface area contributed by atoms with Crippen LogP contribution in [-0.2, 0) is 9.59 Å². The lowest BCUT2D eigenvalue weighted by molar-refractivity contribution is -0.147. The molecule has 0 radical (unpaired) electrons. The largest absolute Gasteiger partial charge is 0.480 e. The number of hydrogen-bond acceptors (Lipinski definition) is 6. The quantitative estimate of drug-likeness (QED) is 0.286. The summed E-state index contributed by atoms with van der Waals surface area (Å²) in [5.41, 5.74) is 4.95. The third-order valence-electron chi connectivity index (χ3n) is 5.76. The zero-order valence-electron chi connectivity index (χ0n) is 15.0. The second-order valence-corrected chi connectivity index (χ2v) is 7.65. The maximum absolute atomic E-state index is 12.6. The van der Waals surface area contributed by atoms with Crippen LogP contribution in [0.4, 0.5) is 0 Å². The van der Waals surface area contributed by atoms with Gasteiger partial charge in [0.25, 0.3) is 0 Å². The SMILES string of the molecule is CC(C)C(N)C(=O)N1CC[C@H]2[C@@H]1CN[C@@]2(CCCCB(O)O)C(=O)O. The van der Waals surface area contributed by atoms with Crippen molar-refractivity contribution in [3.05, 3.63) is 0 Å². The van der Waals surface area contributed by atoms with Gasteiger partial charge in [-0.05, 0) is 25.1 Å². The molecule has 0 spiro atoms. The summed E-state index contributed by atoms with van der Waals surface area (Å²) in [6.45, 7) is 4.80. The van der Waals surface area contributed by atoms with Gasteiger partial charge in [0.2, 0.25) is 5.91 Å². The van der Waals surface area contributed by atoms with Crippen molar-refractivity contribution in [2.45, 2.75) is 63.5 Å². The summed E-state index contributed by atoms with van der Waals surface area (Å²) >= 11 is 0. The van der Waals surface area contributed by atoms with Crippen LogP contribution in [0.15, 0.2) is 0 Å². The number of fused-ring (bicyclic) bond motifs is 1. The maximum Gasteiger partial charge on any atom is 0.451 e. The first kappa shape index (κ1) is 20.2. The van der Waals surface area contributed by atoms with Crippen LogP contribution in [0.3, 0.4) is 0 Å². The van der Waals surface area contributed by atoms with E-state index in [1.165, 1.54) is 0 Å². The number of unbranched alkanes of at least 4 members (excludes halogenated alkanes) is 1. The van der Waals surface area contributed by atoms with Crippen molar-refractivity contribution in [1.29, 1.82) is 0 Å². The second-order valence-electron chi connectivity index (χ2n) is 7.65. The number of amides is 1. The Labute approximate surface area is 148 Å². The van der Waals surface area contributed by atoms with Gasteiger partial charge in [-0.2, -0.15) is 0 Å². The predicted molar refractivity (Wildman–Crippen MR) is 93.6 cm³/mol. The van der Waals surface area contributed by atoms with Gasteiger partial charge in [-0.3, -0.25) is 14.9 Å². The molecule has 2 rings (SSSR count). The maximum atomic E-state index is 12.6. The van der Waals surface area contributed by atoms with E-state index in [1.54, 1.807) is 4.90 Å². The number of carboxylic acids is 1. The Morgan fingerprint density at radius 3 is 2.60 bits per heavy atom. The molecule has 142 valence electrons. The number of nitrogens with zero attached hydrogens (tertiary/aromatic N) is 1. The number of carbonyl (C=O) groups is 2. The van der Waals surface area contributed by atoms with Crippen molar-refractivity contribution in [2.24, 2.45) is 17.6 Å². The molecule has 1 amide bonds. The second kappa shape index (κ2) is 8.03. The van der Waals surface area contributed by atoms with Crippen LogP contribution in [0, 0.1) is 11.8 Å². The fourth-order valence-corrected chi connectivity index (χ4v) is 4.19. The summed E-state index contributed by atoms with van der Waals surface area (Å²) in [7, 11) is -1.36. The van der Waals surface area contributed by atoms with Crippen LogP contribution in [0.1, 0.15) is 39.5 Å². The number of nitrogens with two attached hydrogens (primary N) is 1. The van der Waals surface area contributed by atoms with E-state index < -0.39 is 24.7 Å². The van der Waals surface area contributed by atoms with Gasteiger partial charge in [0, 0.05) is 25.0 Å². The predicted octanol–water partition coefficient (Wildman–Crippen LogP) is -0.743. The van der Waals surface area contributed by atoms with E-state index in [1.807, 2.05) is 13.8 Å². The molecule has 1 unspecified atom stereocenters. The molecule has 6 N–H and O–H groups in total. The van der Waals surface area contributed by atoms with Crippen molar-refractivity contribution in [1.82, 2.24) is 10.2 Å². The third-order valence-corrected chi connectivity index (χ3v) is 5.76. The molecular formula is C16H30BN3O5. The molecule has 0 aliphatic carbocycles. The normalized spacial score (nSPS) is 29.8. The molecule has 2 heterocycles. The van der Waals surface area contributed by atoms with E-state index in [-0.39, 0.29) is 30.1 Å². The van der Waals surface area contributed by atoms with Gasteiger partial charge in [0.1, 0.15) is 5.54 Å². The lowest BCUT2D eigenvalue weighted by Crippen LogP contribution is -2.52. The minimum Gasteiger partial charge on any atom is -0.480 e. The Morgan fingerprint density at radius 1 is 1.36 bits per heavy atom. The van der Waals surface area contributed by atoms with Crippen LogP contribution in [0.2, 0.25) is 6.32 Å². The highest BCUT2D eigenvalue weighted by atomic mass is 16.4. The highest BCUT2D eigenvalue weighted by Gasteiger charge is 2.58. The summed E-state index contributed by atoms with van der Waals surface area (Å²) < 4.78 is 0. The van der Waals surface area contributed by atoms with Gasteiger partial charge < -0.3 is 25.8 Å². The molecule has 4 atom stereocenters. The Hall–Kier alpha value is -1.16. The molecule has 0 aromatic carbocycles. The summed E-state index contributed by atoms with van der Waals surface area (Å²) in [4.78, 5) is 26.4. The van der Waals surface area contributed by atoms with E-state index in [4.69, 9.17) is 15.8 Å². The average Bonchev–Trinajstić information content (AvgIpc) is 3.11. The monoisotopic (exact) mass is 355 g/mol. The lowest BCUT2D eigenvalue weighted by Gasteiger charge is -2.31. The van der Waals surface area contributed by atoms with Gasteiger partial charge in [-0.15, -0.1) is 0 Å². The van der Waals surface area contributed by atoms with E-state index in [2.05, 4.69) is 5.32 Å². The van der Waals surface area contributed by atoms with E-state index >= 15 is 0 Å². The molecule has 2 aliphatic rings. The standard InChI is InChI=1S/C16H30BN3O5/c1-10(2)13(18)14(21)20-8-5-11-12(20)9-19-16(11,15(22)23)6-3-4-7-17(24)25/h10-13,19,24-25H,3-9,18H2,1-2H3,(H,22,23)/t11-,12-,13?,16+/m0/s1. The fraction of sp³-hybridized carbons (Fsp3) is 0.875. The third kappa shape index (κ3) is 4.00. The number of nitrogens with one attached hydrogen (secondary N) is 1. The first-order chi connectivity index (χ1) is 11.7. The van der Waals surface area contributed by atoms with Gasteiger partial charge in [-0.25, -0.2) is 0 Å².